The maximum Gasteiger partial charge on any atom is 0.243 e. The topological polar surface area (TPSA) is 95.6 Å². The second-order valence-corrected chi connectivity index (χ2v) is 10.6. The van der Waals surface area contributed by atoms with Crippen LogP contribution < -0.4 is 10.0 Å². The van der Waals surface area contributed by atoms with Gasteiger partial charge in [-0.1, -0.05) is 34.6 Å². The van der Waals surface area contributed by atoms with Crippen molar-refractivity contribution in [2.75, 3.05) is 35.4 Å². The molecule has 0 atom stereocenters. The number of benzene rings is 1. The number of anilines is 2. The molecule has 1 rings (SSSR count). The van der Waals surface area contributed by atoms with Crippen molar-refractivity contribution in [3.05, 3.63) is 18.2 Å². The van der Waals surface area contributed by atoms with E-state index in [1.165, 1.54) is 16.4 Å². The molecule has 0 spiro atoms. The maximum absolute atomic E-state index is 12.8. The predicted octanol–water partition coefficient (Wildman–Crippen LogP) is 3.33. The van der Waals surface area contributed by atoms with Gasteiger partial charge in [0.05, 0.1) is 22.0 Å². The van der Waals surface area contributed by atoms with Gasteiger partial charge >= 0.3 is 0 Å². The van der Waals surface area contributed by atoms with Crippen LogP contribution in [0.2, 0.25) is 0 Å². The molecule has 156 valence electrons. The van der Waals surface area contributed by atoms with Crippen molar-refractivity contribution in [3.8, 4) is 0 Å². The van der Waals surface area contributed by atoms with E-state index >= 15 is 0 Å². The Labute approximate surface area is 164 Å². The van der Waals surface area contributed by atoms with E-state index in [1.54, 1.807) is 19.9 Å². The third-order valence-corrected chi connectivity index (χ3v) is 7.48. The Morgan fingerprint density at radius 3 is 2.15 bits per heavy atom. The van der Waals surface area contributed by atoms with Crippen LogP contribution in [-0.4, -0.2) is 46.5 Å². The summed E-state index contributed by atoms with van der Waals surface area (Å²) in [4.78, 5) is 0.0785. The molecule has 7 nitrogen and oxygen atoms in total. The Balaban J connectivity index is 3.29. The Bertz CT molecular complexity index is 802. The van der Waals surface area contributed by atoms with Gasteiger partial charge in [-0.2, -0.15) is 4.31 Å². The fraction of sp³-hybridized carbons (Fsp3) is 0.667. The Morgan fingerprint density at radius 2 is 1.63 bits per heavy atom. The SMILES string of the molecule is CCCNc1ccc(S(=O)(=O)N(CC)CC)cc1NS(=O)(=O)CCC(C)C. The van der Waals surface area contributed by atoms with Gasteiger partial charge in [0, 0.05) is 19.6 Å². The number of nitrogens with one attached hydrogen (secondary N) is 2. The highest BCUT2D eigenvalue weighted by atomic mass is 32.2. The average molecular weight is 420 g/mol. The van der Waals surface area contributed by atoms with Crippen LogP contribution in [0.4, 0.5) is 11.4 Å². The van der Waals surface area contributed by atoms with Crippen LogP contribution in [0.1, 0.15) is 47.5 Å². The lowest BCUT2D eigenvalue weighted by atomic mass is 10.2. The van der Waals surface area contributed by atoms with Crippen molar-refractivity contribution in [1.82, 2.24) is 4.31 Å². The summed E-state index contributed by atoms with van der Waals surface area (Å²) in [5, 5.41) is 3.15. The van der Waals surface area contributed by atoms with Crippen molar-refractivity contribution in [2.24, 2.45) is 5.92 Å². The molecule has 0 unspecified atom stereocenters. The molecular weight excluding hydrogens is 386 g/mol. The molecule has 1 aromatic carbocycles. The normalized spacial score (nSPS) is 12.6. The van der Waals surface area contributed by atoms with Gasteiger partial charge in [-0.25, -0.2) is 16.8 Å². The molecule has 0 bridgehead atoms. The van der Waals surface area contributed by atoms with Crippen LogP contribution in [0.25, 0.3) is 0 Å². The summed E-state index contributed by atoms with van der Waals surface area (Å²) in [5.41, 5.74) is 0.837. The molecule has 0 amide bonds. The molecule has 27 heavy (non-hydrogen) atoms. The highest BCUT2D eigenvalue weighted by Crippen LogP contribution is 2.28. The fourth-order valence-corrected chi connectivity index (χ4v) is 5.38. The average Bonchev–Trinajstić information content (AvgIpc) is 2.59. The molecule has 0 aliphatic rings. The largest absolute Gasteiger partial charge is 0.383 e. The van der Waals surface area contributed by atoms with Gasteiger partial charge in [0.2, 0.25) is 20.0 Å². The van der Waals surface area contributed by atoms with Crippen LogP contribution in [0.5, 0.6) is 0 Å². The fourth-order valence-electron chi connectivity index (χ4n) is 2.50. The molecule has 1 aromatic rings. The molecular formula is C18H33N3O4S2. The summed E-state index contributed by atoms with van der Waals surface area (Å²) in [6, 6.07) is 4.53. The minimum atomic E-state index is -3.67. The molecule has 0 aliphatic heterocycles. The molecule has 0 heterocycles. The number of rotatable bonds is 12. The lowest BCUT2D eigenvalue weighted by molar-refractivity contribution is 0.445. The summed E-state index contributed by atoms with van der Waals surface area (Å²) in [6.45, 7) is 10.8. The summed E-state index contributed by atoms with van der Waals surface area (Å²) < 4.78 is 54.4. The first-order valence-electron chi connectivity index (χ1n) is 9.45. The van der Waals surface area contributed by atoms with Crippen molar-refractivity contribution in [2.45, 2.75) is 52.4 Å². The van der Waals surface area contributed by atoms with Crippen molar-refractivity contribution >= 4 is 31.4 Å². The highest BCUT2D eigenvalue weighted by Gasteiger charge is 2.23. The smallest absolute Gasteiger partial charge is 0.243 e. The molecule has 0 aromatic heterocycles. The third kappa shape index (κ3) is 6.97. The Morgan fingerprint density at radius 1 is 1.00 bits per heavy atom. The van der Waals surface area contributed by atoms with E-state index in [1.807, 2.05) is 20.8 Å². The quantitative estimate of drug-likeness (QED) is 0.542. The van der Waals surface area contributed by atoms with E-state index in [0.29, 0.717) is 31.7 Å². The van der Waals surface area contributed by atoms with Crippen LogP contribution in [-0.2, 0) is 20.0 Å². The van der Waals surface area contributed by atoms with E-state index in [4.69, 9.17) is 0 Å². The van der Waals surface area contributed by atoms with Gasteiger partial charge in [-0.15, -0.1) is 0 Å². The van der Waals surface area contributed by atoms with E-state index < -0.39 is 20.0 Å². The van der Waals surface area contributed by atoms with Gasteiger partial charge < -0.3 is 5.32 Å². The Kier molecular flexibility index (Phi) is 9.04. The zero-order valence-corrected chi connectivity index (χ0v) is 18.6. The number of hydrogen-bond acceptors (Lipinski definition) is 5. The zero-order valence-electron chi connectivity index (χ0n) is 16.9. The summed E-state index contributed by atoms with van der Waals surface area (Å²) >= 11 is 0. The maximum atomic E-state index is 12.8. The van der Waals surface area contributed by atoms with Crippen molar-refractivity contribution < 1.29 is 16.8 Å². The summed E-state index contributed by atoms with van der Waals surface area (Å²) in [5.74, 6) is 0.249. The molecule has 0 radical (unpaired) electrons. The van der Waals surface area contributed by atoms with Gasteiger partial charge in [0.1, 0.15) is 0 Å². The number of sulfonamides is 2. The zero-order chi connectivity index (χ0) is 20.7. The van der Waals surface area contributed by atoms with Crippen molar-refractivity contribution in [3.63, 3.8) is 0 Å². The second kappa shape index (κ2) is 10.3. The lowest BCUT2D eigenvalue weighted by Crippen LogP contribution is -2.30. The number of hydrogen-bond donors (Lipinski definition) is 2. The standard InChI is InChI=1S/C18H33N3O4S2/c1-6-12-19-17-10-9-16(27(24,25)21(7-2)8-3)14-18(17)20-26(22,23)13-11-15(4)5/h9-10,14-15,19-20H,6-8,11-13H2,1-5H3. The molecule has 0 saturated heterocycles. The van der Waals surface area contributed by atoms with Crippen LogP contribution >= 0.6 is 0 Å². The minimum Gasteiger partial charge on any atom is -0.383 e. The van der Waals surface area contributed by atoms with E-state index in [0.717, 1.165) is 6.42 Å². The molecule has 0 fully saturated rings. The lowest BCUT2D eigenvalue weighted by Gasteiger charge is -2.20. The highest BCUT2D eigenvalue weighted by molar-refractivity contribution is 7.92. The van der Waals surface area contributed by atoms with Gasteiger partial charge in [-0.05, 0) is 37.0 Å². The summed E-state index contributed by atoms with van der Waals surface area (Å²) in [6.07, 6.45) is 1.39. The molecule has 0 saturated carbocycles. The first kappa shape index (κ1) is 23.7. The third-order valence-electron chi connectivity index (χ3n) is 4.13. The van der Waals surface area contributed by atoms with E-state index in [9.17, 15) is 16.8 Å². The molecule has 0 aliphatic carbocycles. The predicted molar refractivity (Wildman–Crippen MR) is 112 cm³/mol. The Hall–Kier alpha value is -1.32. The molecule has 2 N–H and O–H groups in total. The second-order valence-electron chi connectivity index (χ2n) is 6.83. The van der Waals surface area contributed by atoms with Crippen LogP contribution in [0, 0.1) is 5.92 Å². The monoisotopic (exact) mass is 419 g/mol. The van der Waals surface area contributed by atoms with Gasteiger partial charge in [-0.3, -0.25) is 4.72 Å². The van der Waals surface area contributed by atoms with E-state index in [2.05, 4.69) is 10.0 Å². The molecule has 9 heteroatoms. The first-order valence-corrected chi connectivity index (χ1v) is 12.5. The van der Waals surface area contributed by atoms with Gasteiger partial charge in [0.25, 0.3) is 0 Å². The van der Waals surface area contributed by atoms with Crippen molar-refractivity contribution in [1.29, 1.82) is 0 Å². The number of nitrogens with zero attached hydrogens (tertiary/aromatic N) is 1. The van der Waals surface area contributed by atoms with Gasteiger partial charge in [0.15, 0.2) is 0 Å². The first-order chi connectivity index (χ1) is 12.6. The summed E-state index contributed by atoms with van der Waals surface area (Å²) in [7, 11) is -7.24. The van der Waals surface area contributed by atoms with Crippen LogP contribution in [0.3, 0.4) is 0 Å². The van der Waals surface area contributed by atoms with E-state index in [-0.39, 0.29) is 22.3 Å². The van der Waals surface area contributed by atoms with Crippen LogP contribution in [0.15, 0.2) is 23.1 Å². The minimum absolute atomic E-state index is 0.00902.